The van der Waals surface area contributed by atoms with Crippen LogP contribution in [0, 0.1) is 0 Å². The molecule has 9 nitrogen and oxygen atoms in total. The van der Waals surface area contributed by atoms with Gasteiger partial charge in [0.15, 0.2) is 0 Å². The Hall–Kier alpha value is -4.50. The Morgan fingerprint density at radius 2 is 1.73 bits per heavy atom. The molecular weight excluding hydrogens is 526 g/mol. The van der Waals surface area contributed by atoms with Gasteiger partial charge in [0, 0.05) is 45.0 Å². The summed E-state index contributed by atoms with van der Waals surface area (Å²) in [4.78, 5) is 34.2. The van der Waals surface area contributed by atoms with Crippen LogP contribution in [0.4, 0.5) is 5.69 Å². The van der Waals surface area contributed by atoms with Crippen LogP contribution in [0.15, 0.2) is 85.1 Å². The highest BCUT2D eigenvalue weighted by Gasteiger charge is 2.36. The van der Waals surface area contributed by atoms with Gasteiger partial charge in [0.2, 0.25) is 11.7 Å². The second-order valence-electron chi connectivity index (χ2n) is 9.93. The fraction of sp³-hybridized carbons (Fsp3) is 0.233. The number of nitrogens with one attached hydrogen (secondary N) is 2. The first kappa shape index (κ1) is 25.8. The SMILES string of the molecule is O=C(NC1CCCC1)[C@@H](c1c[nH]c2ccccc12)N(C(=O)Cn1nnc(-c2ccc(Cl)cc2)n1)c1ccccc1. The molecule has 1 aliphatic carbocycles. The molecule has 1 aliphatic rings. The number of H-pyrrole nitrogens is 1. The number of nitrogens with zero attached hydrogens (tertiary/aromatic N) is 5. The Bertz CT molecular complexity index is 1620. The van der Waals surface area contributed by atoms with Crippen molar-refractivity contribution in [3.8, 4) is 11.4 Å². The van der Waals surface area contributed by atoms with Gasteiger partial charge in [-0.15, -0.1) is 10.2 Å². The van der Waals surface area contributed by atoms with Crippen molar-refractivity contribution in [1.29, 1.82) is 0 Å². The molecule has 1 saturated carbocycles. The topological polar surface area (TPSA) is 109 Å². The van der Waals surface area contributed by atoms with E-state index in [0.717, 1.165) is 47.7 Å². The number of hydrogen-bond acceptors (Lipinski definition) is 5. The van der Waals surface area contributed by atoms with Gasteiger partial charge in [0.05, 0.1) is 0 Å². The number of carbonyl (C=O) groups excluding carboxylic acids is 2. The zero-order chi connectivity index (χ0) is 27.5. The average Bonchev–Trinajstić information content (AvgIpc) is 3.74. The molecule has 0 radical (unpaired) electrons. The molecule has 1 atom stereocenters. The third kappa shape index (κ3) is 5.33. The van der Waals surface area contributed by atoms with Gasteiger partial charge < -0.3 is 10.3 Å². The van der Waals surface area contributed by atoms with E-state index in [1.165, 1.54) is 4.80 Å². The predicted octanol–water partition coefficient (Wildman–Crippen LogP) is 5.31. The van der Waals surface area contributed by atoms with Crippen molar-refractivity contribution in [2.24, 2.45) is 0 Å². The number of aromatic amines is 1. The smallest absolute Gasteiger partial charge is 0.251 e. The fourth-order valence-corrected chi connectivity index (χ4v) is 5.44. The zero-order valence-corrected chi connectivity index (χ0v) is 22.5. The molecule has 3 aromatic carbocycles. The number of anilines is 1. The highest BCUT2D eigenvalue weighted by Crippen LogP contribution is 2.33. The number of benzene rings is 3. The van der Waals surface area contributed by atoms with Gasteiger partial charge in [0.25, 0.3) is 5.91 Å². The van der Waals surface area contributed by atoms with E-state index in [2.05, 4.69) is 25.7 Å². The molecule has 202 valence electrons. The first-order chi connectivity index (χ1) is 19.6. The molecule has 0 saturated heterocycles. The van der Waals surface area contributed by atoms with E-state index >= 15 is 0 Å². The highest BCUT2D eigenvalue weighted by molar-refractivity contribution is 6.30. The lowest BCUT2D eigenvalue weighted by Gasteiger charge is -2.32. The van der Waals surface area contributed by atoms with Crippen molar-refractivity contribution in [1.82, 2.24) is 30.5 Å². The molecule has 2 amide bonds. The van der Waals surface area contributed by atoms with E-state index in [9.17, 15) is 9.59 Å². The third-order valence-electron chi connectivity index (χ3n) is 7.26. The van der Waals surface area contributed by atoms with Crippen LogP contribution in [-0.2, 0) is 16.1 Å². The van der Waals surface area contributed by atoms with E-state index in [1.807, 2.05) is 60.8 Å². The highest BCUT2D eigenvalue weighted by atomic mass is 35.5. The van der Waals surface area contributed by atoms with Gasteiger partial charge in [-0.1, -0.05) is 60.8 Å². The Morgan fingerprint density at radius 3 is 2.50 bits per heavy atom. The van der Waals surface area contributed by atoms with Crippen molar-refractivity contribution in [3.63, 3.8) is 0 Å². The molecule has 1 fully saturated rings. The second-order valence-corrected chi connectivity index (χ2v) is 10.4. The number of aromatic nitrogens is 5. The summed E-state index contributed by atoms with van der Waals surface area (Å²) in [6, 6.07) is 23.3. The number of carbonyl (C=O) groups is 2. The van der Waals surface area contributed by atoms with Crippen molar-refractivity contribution in [2.45, 2.75) is 44.3 Å². The van der Waals surface area contributed by atoms with Gasteiger partial charge in [-0.25, -0.2) is 0 Å². The molecule has 40 heavy (non-hydrogen) atoms. The van der Waals surface area contributed by atoms with E-state index in [4.69, 9.17) is 11.6 Å². The largest absolute Gasteiger partial charge is 0.361 e. The minimum absolute atomic E-state index is 0.0897. The quantitative estimate of drug-likeness (QED) is 0.271. The van der Waals surface area contributed by atoms with Gasteiger partial charge in [-0.05, 0) is 60.5 Å². The number of tetrazole rings is 1. The standard InChI is InChI=1S/C30H28ClN7O2/c31-21-16-14-20(15-17-21)29-34-36-37(35-29)19-27(39)38(23-10-2-1-3-11-23)28(30(40)33-22-8-4-5-9-22)25-18-32-26-13-7-6-12-24(25)26/h1-3,6-7,10-18,22,28,32H,4-5,8-9,19H2,(H,33,40)/t28-/m1/s1. The molecule has 0 aliphatic heterocycles. The van der Waals surface area contributed by atoms with Crippen LogP contribution in [0.1, 0.15) is 37.3 Å². The van der Waals surface area contributed by atoms with E-state index in [-0.39, 0.29) is 24.4 Å². The summed E-state index contributed by atoms with van der Waals surface area (Å²) in [6.45, 7) is -0.203. The van der Waals surface area contributed by atoms with Crippen molar-refractivity contribution in [3.05, 3.63) is 95.6 Å². The summed E-state index contributed by atoms with van der Waals surface area (Å²) in [6.07, 6.45) is 5.85. The van der Waals surface area contributed by atoms with Crippen LogP contribution in [0.5, 0.6) is 0 Å². The summed E-state index contributed by atoms with van der Waals surface area (Å²) in [7, 11) is 0. The lowest BCUT2D eigenvalue weighted by molar-refractivity contribution is -0.127. The maximum Gasteiger partial charge on any atom is 0.251 e. The summed E-state index contributed by atoms with van der Waals surface area (Å²) in [5.74, 6) is -0.187. The summed E-state index contributed by atoms with van der Waals surface area (Å²) in [5.41, 5.74) is 2.94. The van der Waals surface area contributed by atoms with Gasteiger partial charge in [0.1, 0.15) is 12.6 Å². The molecule has 2 heterocycles. The van der Waals surface area contributed by atoms with Crippen LogP contribution in [-0.4, -0.2) is 43.0 Å². The minimum Gasteiger partial charge on any atom is -0.361 e. The summed E-state index contributed by atoms with van der Waals surface area (Å²) >= 11 is 6.01. The molecule has 2 N–H and O–H groups in total. The zero-order valence-electron chi connectivity index (χ0n) is 21.7. The minimum atomic E-state index is -0.911. The van der Waals surface area contributed by atoms with Crippen LogP contribution in [0.25, 0.3) is 22.3 Å². The predicted molar refractivity (Wildman–Crippen MR) is 154 cm³/mol. The Kier molecular flexibility index (Phi) is 7.29. The lowest BCUT2D eigenvalue weighted by atomic mass is 10.0. The maximum atomic E-state index is 14.1. The lowest BCUT2D eigenvalue weighted by Crippen LogP contribution is -2.47. The van der Waals surface area contributed by atoms with E-state index < -0.39 is 6.04 Å². The monoisotopic (exact) mass is 553 g/mol. The van der Waals surface area contributed by atoms with Crippen LogP contribution >= 0.6 is 11.6 Å². The van der Waals surface area contributed by atoms with Crippen LogP contribution in [0.2, 0.25) is 5.02 Å². The number of rotatable bonds is 8. The second kappa shape index (κ2) is 11.3. The first-order valence-corrected chi connectivity index (χ1v) is 13.7. The number of amides is 2. The van der Waals surface area contributed by atoms with Crippen molar-refractivity contribution >= 4 is 40.0 Å². The van der Waals surface area contributed by atoms with Crippen LogP contribution < -0.4 is 10.2 Å². The molecular formula is C30H28ClN7O2. The van der Waals surface area contributed by atoms with Gasteiger partial charge >= 0.3 is 0 Å². The number of hydrogen-bond donors (Lipinski definition) is 2. The maximum absolute atomic E-state index is 14.1. The third-order valence-corrected chi connectivity index (χ3v) is 7.51. The molecule has 0 bridgehead atoms. The molecule has 0 unspecified atom stereocenters. The van der Waals surface area contributed by atoms with Crippen molar-refractivity contribution < 1.29 is 9.59 Å². The number of halogens is 1. The van der Waals surface area contributed by atoms with Crippen molar-refractivity contribution in [2.75, 3.05) is 4.90 Å². The Balaban J connectivity index is 1.38. The summed E-state index contributed by atoms with van der Waals surface area (Å²) in [5, 5.41) is 17.4. The molecule has 5 aromatic rings. The van der Waals surface area contributed by atoms with Gasteiger partial charge in [-0.2, -0.15) is 4.80 Å². The molecule has 2 aromatic heterocycles. The number of para-hydroxylation sites is 2. The molecule has 10 heteroatoms. The molecule has 6 rings (SSSR count). The Labute approximate surface area is 236 Å². The van der Waals surface area contributed by atoms with E-state index in [0.29, 0.717) is 16.5 Å². The van der Waals surface area contributed by atoms with E-state index in [1.54, 1.807) is 29.2 Å². The van der Waals surface area contributed by atoms with Gasteiger partial charge in [-0.3, -0.25) is 14.5 Å². The normalized spacial score (nSPS) is 14.3. The summed E-state index contributed by atoms with van der Waals surface area (Å²) < 4.78 is 0. The Morgan fingerprint density at radius 1 is 1.00 bits per heavy atom. The average molecular weight is 554 g/mol. The first-order valence-electron chi connectivity index (χ1n) is 13.3. The van der Waals surface area contributed by atoms with Crippen LogP contribution in [0.3, 0.4) is 0 Å². The fourth-order valence-electron chi connectivity index (χ4n) is 5.32. The number of fused-ring (bicyclic) bond motifs is 1. The molecule has 0 spiro atoms.